The van der Waals surface area contributed by atoms with Gasteiger partial charge in [0.15, 0.2) is 0 Å². The molecular formula is C14H14FIO5. The zero-order valence-electron chi connectivity index (χ0n) is 11.3. The molecule has 0 radical (unpaired) electrons. The quantitative estimate of drug-likeness (QED) is 0.444. The van der Waals surface area contributed by atoms with E-state index in [4.69, 9.17) is 9.47 Å². The first-order valence-electron chi connectivity index (χ1n) is 5.94. The summed E-state index contributed by atoms with van der Waals surface area (Å²) in [5.74, 6) is -1.78. The SMILES string of the molecule is C=C(C)C(=O)OCC(O)COC(=O)c1ccc(F)cc1I. The summed E-state index contributed by atoms with van der Waals surface area (Å²) in [7, 11) is 0. The summed E-state index contributed by atoms with van der Waals surface area (Å²) in [4.78, 5) is 22.9. The zero-order chi connectivity index (χ0) is 16.0. The number of rotatable bonds is 6. The van der Waals surface area contributed by atoms with Crippen molar-refractivity contribution in [3.63, 3.8) is 0 Å². The highest BCUT2D eigenvalue weighted by molar-refractivity contribution is 14.1. The summed E-state index contributed by atoms with van der Waals surface area (Å²) in [5, 5.41) is 9.54. The highest BCUT2D eigenvalue weighted by Gasteiger charge is 2.15. The Kier molecular flexibility index (Phi) is 6.76. The second kappa shape index (κ2) is 8.08. The number of hydrogen-bond acceptors (Lipinski definition) is 5. The van der Waals surface area contributed by atoms with E-state index in [1.165, 1.54) is 19.1 Å². The highest BCUT2D eigenvalue weighted by atomic mass is 127. The van der Waals surface area contributed by atoms with E-state index in [1.54, 1.807) is 0 Å². The van der Waals surface area contributed by atoms with Gasteiger partial charge in [-0.15, -0.1) is 0 Å². The van der Waals surface area contributed by atoms with Gasteiger partial charge in [-0.05, 0) is 47.7 Å². The molecule has 1 aromatic carbocycles. The highest BCUT2D eigenvalue weighted by Crippen LogP contribution is 2.15. The van der Waals surface area contributed by atoms with Crippen LogP contribution in [0.3, 0.4) is 0 Å². The molecule has 1 aromatic rings. The Labute approximate surface area is 134 Å². The molecule has 0 heterocycles. The van der Waals surface area contributed by atoms with Crippen LogP contribution in [-0.4, -0.2) is 36.4 Å². The number of benzene rings is 1. The predicted molar refractivity (Wildman–Crippen MR) is 81.2 cm³/mol. The normalized spacial score (nSPS) is 11.6. The average Bonchev–Trinajstić information content (AvgIpc) is 2.41. The van der Waals surface area contributed by atoms with Gasteiger partial charge in [0.2, 0.25) is 0 Å². The lowest BCUT2D eigenvalue weighted by Gasteiger charge is -2.12. The van der Waals surface area contributed by atoms with Crippen LogP contribution in [0.5, 0.6) is 0 Å². The van der Waals surface area contributed by atoms with Crippen molar-refractivity contribution in [2.45, 2.75) is 13.0 Å². The van der Waals surface area contributed by atoms with Gasteiger partial charge in [0, 0.05) is 9.14 Å². The summed E-state index contributed by atoms with van der Waals surface area (Å²) >= 11 is 1.81. The van der Waals surface area contributed by atoms with Crippen LogP contribution in [0.1, 0.15) is 17.3 Å². The average molecular weight is 408 g/mol. The van der Waals surface area contributed by atoms with Gasteiger partial charge in [0.25, 0.3) is 0 Å². The maximum Gasteiger partial charge on any atom is 0.339 e. The summed E-state index contributed by atoms with van der Waals surface area (Å²) in [6, 6.07) is 3.64. The van der Waals surface area contributed by atoms with Gasteiger partial charge in [-0.2, -0.15) is 0 Å². The third-order valence-corrected chi connectivity index (χ3v) is 3.21. The lowest BCUT2D eigenvalue weighted by molar-refractivity contribution is -0.142. The largest absolute Gasteiger partial charge is 0.459 e. The maximum atomic E-state index is 12.9. The first-order valence-corrected chi connectivity index (χ1v) is 7.02. The van der Waals surface area contributed by atoms with Crippen LogP contribution in [0, 0.1) is 9.39 Å². The monoisotopic (exact) mass is 408 g/mol. The van der Waals surface area contributed by atoms with Gasteiger partial charge in [-0.1, -0.05) is 6.58 Å². The van der Waals surface area contributed by atoms with E-state index in [0.29, 0.717) is 3.57 Å². The minimum atomic E-state index is -1.14. The van der Waals surface area contributed by atoms with Crippen LogP contribution in [0.2, 0.25) is 0 Å². The fourth-order valence-corrected chi connectivity index (χ4v) is 1.95. The third-order valence-electron chi connectivity index (χ3n) is 2.31. The first kappa shape index (κ1) is 17.6. The summed E-state index contributed by atoms with van der Waals surface area (Å²) in [6.07, 6.45) is -1.14. The van der Waals surface area contributed by atoms with E-state index in [1.807, 2.05) is 22.6 Å². The standard InChI is InChI=1S/C14H14FIO5/c1-8(2)13(18)20-6-10(17)7-21-14(19)11-4-3-9(15)5-12(11)16/h3-5,10,17H,1,6-7H2,2H3. The molecule has 0 bridgehead atoms. The minimum Gasteiger partial charge on any atom is -0.459 e. The number of ether oxygens (including phenoxy) is 2. The number of halogens is 2. The van der Waals surface area contributed by atoms with Crippen molar-refractivity contribution >= 4 is 34.5 Å². The molecule has 0 saturated carbocycles. The van der Waals surface area contributed by atoms with E-state index < -0.39 is 23.9 Å². The Balaban J connectivity index is 2.45. The molecule has 0 aliphatic rings. The number of carbonyl (C=O) groups is 2. The number of aliphatic hydroxyl groups is 1. The smallest absolute Gasteiger partial charge is 0.339 e. The van der Waals surface area contributed by atoms with Crippen LogP contribution in [-0.2, 0) is 14.3 Å². The number of hydrogen-bond donors (Lipinski definition) is 1. The second-order valence-corrected chi connectivity index (χ2v) is 5.42. The van der Waals surface area contributed by atoms with Crippen molar-refractivity contribution in [3.8, 4) is 0 Å². The van der Waals surface area contributed by atoms with Crippen LogP contribution in [0.25, 0.3) is 0 Å². The van der Waals surface area contributed by atoms with Crippen molar-refractivity contribution in [3.05, 3.63) is 45.3 Å². The summed E-state index contributed by atoms with van der Waals surface area (Å²) in [5.41, 5.74) is 0.406. The Bertz CT molecular complexity index is 558. The summed E-state index contributed by atoms with van der Waals surface area (Å²) in [6.45, 7) is 4.22. The fraction of sp³-hybridized carbons (Fsp3) is 0.286. The van der Waals surface area contributed by atoms with Crippen molar-refractivity contribution < 1.29 is 28.6 Å². The van der Waals surface area contributed by atoms with Gasteiger partial charge in [0.05, 0.1) is 5.56 Å². The van der Waals surface area contributed by atoms with Gasteiger partial charge < -0.3 is 14.6 Å². The van der Waals surface area contributed by atoms with Crippen molar-refractivity contribution in [2.24, 2.45) is 0 Å². The van der Waals surface area contributed by atoms with Gasteiger partial charge in [-0.3, -0.25) is 0 Å². The molecule has 5 nitrogen and oxygen atoms in total. The molecule has 0 spiro atoms. The number of esters is 2. The maximum absolute atomic E-state index is 12.9. The van der Waals surface area contributed by atoms with Crippen molar-refractivity contribution in [1.29, 1.82) is 0 Å². The molecule has 21 heavy (non-hydrogen) atoms. The molecule has 1 atom stereocenters. The molecule has 7 heteroatoms. The summed E-state index contributed by atoms with van der Waals surface area (Å²) < 4.78 is 22.9. The fourth-order valence-electron chi connectivity index (χ4n) is 1.25. The Morgan fingerprint density at radius 3 is 2.57 bits per heavy atom. The number of carbonyl (C=O) groups excluding carboxylic acids is 2. The lowest BCUT2D eigenvalue weighted by atomic mass is 10.2. The topological polar surface area (TPSA) is 72.8 Å². The van der Waals surface area contributed by atoms with Crippen molar-refractivity contribution in [1.82, 2.24) is 0 Å². The molecule has 1 N–H and O–H groups in total. The van der Waals surface area contributed by atoms with E-state index in [0.717, 1.165) is 6.07 Å². The Hall–Kier alpha value is -1.48. The van der Waals surface area contributed by atoms with E-state index in [-0.39, 0.29) is 24.4 Å². The van der Waals surface area contributed by atoms with Crippen LogP contribution >= 0.6 is 22.6 Å². The zero-order valence-corrected chi connectivity index (χ0v) is 13.4. The molecule has 1 rings (SSSR count). The molecule has 0 amide bonds. The molecule has 0 fully saturated rings. The van der Waals surface area contributed by atoms with Crippen LogP contribution in [0.15, 0.2) is 30.4 Å². The van der Waals surface area contributed by atoms with E-state index in [9.17, 15) is 19.1 Å². The van der Waals surface area contributed by atoms with Gasteiger partial charge in [0.1, 0.15) is 25.1 Å². The van der Waals surface area contributed by atoms with Gasteiger partial charge in [-0.25, -0.2) is 14.0 Å². The Morgan fingerprint density at radius 2 is 2.00 bits per heavy atom. The predicted octanol–water partition coefficient (Wildman–Crippen LogP) is 2.07. The molecule has 0 saturated heterocycles. The van der Waals surface area contributed by atoms with Crippen molar-refractivity contribution in [2.75, 3.05) is 13.2 Å². The first-order chi connectivity index (χ1) is 9.81. The molecule has 114 valence electrons. The molecule has 0 aliphatic heterocycles. The molecule has 1 unspecified atom stereocenters. The van der Waals surface area contributed by atoms with Crippen LogP contribution in [0.4, 0.5) is 4.39 Å². The minimum absolute atomic E-state index is 0.197. The van der Waals surface area contributed by atoms with Crippen LogP contribution < -0.4 is 0 Å². The molecule has 0 aliphatic carbocycles. The molecular weight excluding hydrogens is 394 g/mol. The lowest BCUT2D eigenvalue weighted by Crippen LogP contribution is -2.25. The Morgan fingerprint density at radius 1 is 1.38 bits per heavy atom. The van der Waals surface area contributed by atoms with E-state index in [2.05, 4.69) is 6.58 Å². The molecule has 0 aromatic heterocycles. The third kappa shape index (κ3) is 5.80. The van der Waals surface area contributed by atoms with E-state index >= 15 is 0 Å². The number of aliphatic hydroxyl groups excluding tert-OH is 1. The second-order valence-electron chi connectivity index (χ2n) is 4.26. The van der Waals surface area contributed by atoms with Gasteiger partial charge >= 0.3 is 11.9 Å².